The van der Waals surface area contributed by atoms with Gasteiger partial charge in [0.15, 0.2) is 0 Å². The summed E-state index contributed by atoms with van der Waals surface area (Å²) in [4.78, 5) is 0. The second-order valence-corrected chi connectivity index (χ2v) is 3.72. The zero-order valence-electron chi connectivity index (χ0n) is 7.44. The highest BCUT2D eigenvalue weighted by Crippen LogP contribution is 2.18. The van der Waals surface area contributed by atoms with E-state index in [1.807, 2.05) is 31.2 Å². The topological polar surface area (TPSA) is 40.5 Å². The van der Waals surface area contributed by atoms with Gasteiger partial charge in [0.2, 0.25) is 0 Å². The highest BCUT2D eigenvalue weighted by atomic mass is 79.9. The number of aliphatic hydroxyl groups is 2. The summed E-state index contributed by atoms with van der Waals surface area (Å²) < 4.78 is 0. The van der Waals surface area contributed by atoms with Crippen LogP contribution in [0, 0.1) is 6.92 Å². The summed E-state index contributed by atoms with van der Waals surface area (Å²) in [7, 11) is 0. The van der Waals surface area contributed by atoms with Crippen LogP contribution in [0.25, 0.3) is 0 Å². The van der Waals surface area contributed by atoms with Crippen LogP contribution in [0.4, 0.5) is 0 Å². The molecule has 0 heterocycles. The fraction of sp³-hybridized carbons (Fsp3) is 0.400. The van der Waals surface area contributed by atoms with E-state index >= 15 is 0 Å². The second-order valence-electron chi connectivity index (χ2n) is 3.08. The highest BCUT2D eigenvalue weighted by molar-refractivity contribution is 9.09. The van der Waals surface area contributed by atoms with E-state index in [2.05, 4.69) is 15.9 Å². The molecule has 2 nitrogen and oxygen atoms in total. The molecule has 0 aromatic heterocycles. The number of benzene rings is 1. The molecule has 0 saturated carbocycles. The van der Waals surface area contributed by atoms with Crippen molar-refractivity contribution in [2.45, 2.75) is 19.1 Å². The third kappa shape index (κ3) is 2.79. The van der Waals surface area contributed by atoms with E-state index < -0.39 is 12.2 Å². The maximum Gasteiger partial charge on any atom is 0.106 e. The molecule has 0 radical (unpaired) electrons. The Morgan fingerprint density at radius 1 is 1.23 bits per heavy atom. The van der Waals surface area contributed by atoms with Gasteiger partial charge in [-0.2, -0.15) is 0 Å². The average Bonchev–Trinajstić information content (AvgIpc) is 2.17. The Kier molecular flexibility index (Phi) is 3.90. The molecule has 2 unspecified atom stereocenters. The minimum atomic E-state index is -0.806. The van der Waals surface area contributed by atoms with Crippen molar-refractivity contribution in [1.29, 1.82) is 0 Å². The molecule has 3 heteroatoms. The summed E-state index contributed by atoms with van der Waals surface area (Å²) in [6.45, 7) is 1.98. The van der Waals surface area contributed by atoms with Crippen molar-refractivity contribution < 1.29 is 10.2 Å². The van der Waals surface area contributed by atoms with Crippen LogP contribution < -0.4 is 0 Å². The van der Waals surface area contributed by atoms with Gasteiger partial charge in [0.25, 0.3) is 0 Å². The Morgan fingerprint density at radius 2 is 1.77 bits per heavy atom. The van der Waals surface area contributed by atoms with Crippen molar-refractivity contribution in [3.8, 4) is 0 Å². The number of aliphatic hydroxyl groups excluding tert-OH is 2. The van der Waals surface area contributed by atoms with Gasteiger partial charge in [0.1, 0.15) is 6.10 Å². The van der Waals surface area contributed by atoms with Crippen molar-refractivity contribution >= 4 is 15.9 Å². The van der Waals surface area contributed by atoms with Crippen LogP contribution in [0.2, 0.25) is 0 Å². The van der Waals surface area contributed by atoms with E-state index in [9.17, 15) is 10.2 Å². The predicted octanol–water partition coefficient (Wildman–Crippen LogP) is 1.78. The van der Waals surface area contributed by atoms with Crippen LogP contribution in [0.1, 0.15) is 17.2 Å². The van der Waals surface area contributed by atoms with Gasteiger partial charge in [-0.1, -0.05) is 45.8 Å². The lowest BCUT2D eigenvalue weighted by Crippen LogP contribution is -2.19. The zero-order valence-corrected chi connectivity index (χ0v) is 9.03. The van der Waals surface area contributed by atoms with Crippen molar-refractivity contribution in [2.75, 3.05) is 5.33 Å². The average molecular weight is 245 g/mol. The molecule has 1 aromatic rings. The first kappa shape index (κ1) is 10.7. The number of alkyl halides is 1. The minimum absolute atomic E-state index is 0.377. The first-order chi connectivity index (χ1) is 6.15. The van der Waals surface area contributed by atoms with Gasteiger partial charge in [0.05, 0.1) is 6.10 Å². The molecule has 0 aliphatic heterocycles. The van der Waals surface area contributed by atoms with E-state index in [0.717, 1.165) is 11.1 Å². The van der Waals surface area contributed by atoms with E-state index in [0.29, 0.717) is 5.33 Å². The molecule has 0 saturated heterocycles. The fourth-order valence-corrected chi connectivity index (χ4v) is 1.42. The third-order valence-corrected chi connectivity index (χ3v) is 2.60. The Morgan fingerprint density at radius 3 is 2.23 bits per heavy atom. The maximum absolute atomic E-state index is 9.60. The molecular formula is C10H13BrO2. The maximum atomic E-state index is 9.60. The van der Waals surface area contributed by atoms with Crippen molar-refractivity contribution in [3.63, 3.8) is 0 Å². The summed E-state index contributed by atoms with van der Waals surface area (Å²) in [6, 6.07) is 7.48. The Labute approximate surface area is 86.3 Å². The summed E-state index contributed by atoms with van der Waals surface area (Å²) in [5, 5.41) is 19.3. The van der Waals surface area contributed by atoms with Crippen LogP contribution >= 0.6 is 15.9 Å². The lowest BCUT2D eigenvalue weighted by atomic mass is 10.0. The Balaban J connectivity index is 2.77. The molecule has 2 atom stereocenters. The molecule has 0 spiro atoms. The smallest absolute Gasteiger partial charge is 0.106 e. The standard InChI is InChI=1S/C10H13BrO2/c1-7-2-4-8(5-3-7)10(13)9(12)6-11/h2-5,9-10,12-13H,6H2,1H3. The summed E-state index contributed by atoms with van der Waals surface area (Å²) in [5.74, 6) is 0. The minimum Gasteiger partial charge on any atom is -0.389 e. The molecule has 72 valence electrons. The second kappa shape index (κ2) is 4.74. The van der Waals surface area contributed by atoms with Gasteiger partial charge in [-0.3, -0.25) is 0 Å². The van der Waals surface area contributed by atoms with Crippen LogP contribution in [0.15, 0.2) is 24.3 Å². The number of aryl methyl sites for hydroxylation is 1. The van der Waals surface area contributed by atoms with E-state index in [1.54, 1.807) is 0 Å². The number of hydrogen-bond acceptors (Lipinski definition) is 2. The van der Waals surface area contributed by atoms with Crippen LogP contribution in [0.5, 0.6) is 0 Å². The van der Waals surface area contributed by atoms with Gasteiger partial charge >= 0.3 is 0 Å². The summed E-state index contributed by atoms with van der Waals surface area (Å²) in [6.07, 6.45) is -1.55. The van der Waals surface area contributed by atoms with Crippen LogP contribution in [-0.4, -0.2) is 21.6 Å². The predicted molar refractivity (Wildman–Crippen MR) is 55.9 cm³/mol. The quantitative estimate of drug-likeness (QED) is 0.797. The lowest BCUT2D eigenvalue weighted by Gasteiger charge is -2.15. The molecule has 13 heavy (non-hydrogen) atoms. The Bertz CT molecular complexity index is 258. The van der Waals surface area contributed by atoms with E-state index in [4.69, 9.17) is 0 Å². The fourth-order valence-electron chi connectivity index (χ4n) is 1.07. The van der Waals surface area contributed by atoms with Gasteiger partial charge in [0, 0.05) is 5.33 Å². The van der Waals surface area contributed by atoms with Gasteiger partial charge in [-0.15, -0.1) is 0 Å². The number of rotatable bonds is 3. The molecule has 2 N–H and O–H groups in total. The third-order valence-electron chi connectivity index (χ3n) is 1.94. The van der Waals surface area contributed by atoms with Crippen molar-refractivity contribution in [3.05, 3.63) is 35.4 Å². The van der Waals surface area contributed by atoms with Gasteiger partial charge in [-0.25, -0.2) is 0 Å². The molecule has 0 aliphatic carbocycles. The van der Waals surface area contributed by atoms with Gasteiger partial charge < -0.3 is 10.2 Å². The largest absolute Gasteiger partial charge is 0.389 e. The van der Waals surface area contributed by atoms with Crippen LogP contribution in [-0.2, 0) is 0 Å². The van der Waals surface area contributed by atoms with Gasteiger partial charge in [-0.05, 0) is 12.5 Å². The molecule has 0 amide bonds. The summed E-state index contributed by atoms with van der Waals surface area (Å²) in [5.41, 5.74) is 1.89. The van der Waals surface area contributed by atoms with Crippen LogP contribution in [0.3, 0.4) is 0 Å². The first-order valence-corrected chi connectivity index (χ1v) is 5.26. The number of hydrogen-bond donors (Lipinski definition) is 2. The molecule has 0 fully saturated rings. The molecular weight excluding hydrogens is 232 g/mol. The monoisotopic (exact) mass is 244 g/mol. The molecule has 1 rings (SSSR count). The summed E-state index contributed by atoms with van der Waals surface area (Å²) >= 11 is 3.12. The lowest BCUT2D eigenvalue weighted by molar-refractivity contribution is 0.0343. The first-order valence-electron chi connectivity index (χ1n) is 4.14. The molecule has 0 aliphatic rings. The molecule has 1 aromatic carbocycles. The Hall–Kier alpha value is -0.380. The van der Waals surface area contributed by atoms with E-state index in [1.165, 1.54) is 0 Å². The van der Waals surface area contributed by atoms with Crippen molar-refractivity contribution in [1.82, 2.24) is 0 Å². The number of halogens is 1. The van der Waals surface area contributed by atoms with E-state index in [-0.39, 0.29) is 0 Å². The highest BCUT2D eigenvalue weighted by Gasteiger charge is 2.16. The molecule has 0 bridgehead atoms. The zero-order chi connectivity index (χ0) is 9.84. The SMILES string of the molecule is Cc1ccc(C(O)C(O)CBr)cc1. The van der Waals surface area contributed by atoms with Crippen molar-refractivity contribution in [2.24, 2.45) is 0 Å². The normalized spacial score (nSPS) is 15.4.